The van der Waals surface area contributed by atoms with Crippen molar-refractivity contribution in [3.8, 4) is 0 Å². The Labute approximate surface area is 158 Å². The van der Waals surface area contributed by atoms with Gasteiger partial charge >= 0.3 is 0 Å². The summed E-state index contributed by atoms with van der Waals surface area (Å²) in [5, 5.41) is 6.56. The lowest BCUT2D eigenvalue weighted by Crippen LogP contribution is -2.47. The fourth-order valence-electron chi connectivity index (χ4n) is 3.91. The lowest BCUT2D eigenvalue weighted by atomic mass is 10.0. The number of fused-ring (bicyclic) bond motifs is 1. The second kappa shape index (κ2) is 8.06. The molecule has 1 aliphatic heterocycles. The molecule has 2 atom stereocenters. The van der Waals surface area contributed by atoms with Crippen molar-refractivity contribution in [2.75, 3.05) is 32.4 Å². The van der Waals surface area contributed by atoms with Crippen LogP contribution in [0.2, 0.25) is 0 Å². The summed E-state index contributed by atoms with van der Waals surface area (Å²) in [6.07, 6.45) is 4.04. The van der Waals surface area contributed by atoms with Crippen LogP contribution in [-0.2, 0) is 14.8 Å². The Hall–Kier alpha value is -1.45. The number of thiophene rings is 1. The Morgan fingerprint density at radius 1 is 1.23 bits per heavy atom. The van der Waals surface area contributed by atoms with E-state index in [-0.39, 0.29) is 23.8 Å². The molecule has 0 spiro atoms. The number of rotatable bonds is 2. The standard InChI is InChI=1S/C17H25N3O4S2/c1-26(23,24)20-9-3-8-19(17(22)13-6-11-25-12-13)10-7-18-16(21)14-4-2-5-15(14)20/h6,11-12,14-15H,2-5,7-10H2,1H3,(H,18,21). The number of hydrogen-bond acceptors (Lipinski definition) is 5. The van der Waals surface area contributed by atoms with Gasteiger partial charge in [0, 0.05) is 37.6 Å². The van der Waals surface area contributed by atoms with Gasteiger partial charge in [0.15, 0.2) is 0 Å². The molecule has 1 saturated heterocycles. The van der Waals surface area contributed by atoms with Gasteiger partial charge in [-0.15, -0.1) is 0 Å². The van der Waals surface area contributed by atoms with Gasteiger partial charge in [-0.05, 0) is 30.7 Å². The molecule has 26 heavy (non-hydrogen) atoms. The molecule has 0 radical (unpaired) electrons. The Morgan fingerprint density at radius 2 is 2.04 bits per heavy atom. The van der Waals surface area contributed by atoms with Gasteiger partial charge in [-0.25, -0.2) is 8.42 Å². The average Bonchev–Trinajstić information content (AvgIpc) is 3.25. The molecule has 9 heteroatoms. The van der Waals surface area contributed by atoms with E-state index in [1.165, 1.54) is 21.9 Å². The van der Waals surface area contributed by atoms with Crippen molar-refractivity contribution in [3.05, 3.63) is 22.4 Å². The van der Waals surface area contributed by atoms with Crippen molar-refractivity contribution in [3.63, 3.8) is 0 Å². The molecule has 1 aromatic rings. The molecule has 0 aromatic carbocycles. The van der Waals surface area contributed by atoms with Crippen LogP contribution in [0.3, 0.4) is 0 Å². The van der Waals surface area contributed by atoms with E-state index >= 15 is 0 Å². The van der Waals surface area contributed by atoms with E-state index in [0.717, 1.165) is 6.42 Å². The number of nitrogens with one attached hydrogen (secondary N) is 1. The van der Waals surface area contributed by atoms with E-state index < -0.39 is 10.0 Å². The largest absolute Gasteiger partial charge is 0.354 e. The van der Waals surface area contributed by atoms with Crippen LogP contribution in [0, 0.1) is 5.92 Å². The molecule has 2 fully saturated rings. The molecule has 7 nitrogen and oxygen atoms in total. The maximum Gasteiger partial charge on any atom is 0.254 e. The first-order valence-electron chi connectivity index (χ1n) is 8.94. The Balaban J connectivity index is 1.80. The van der Waals surface area contributed by atoms with E-state index in [2.05, 4.69) is 5.32 Å². The molecule has 2 aliphatic rings. The van der Waals surface area contributed by atoms with Crippen LogP contribution in [0.4, 0.5) is 0 Å². The first-order valence-corrected chi connectivity index (χ1v) is 11.7. The minimum atomic E-state index is -3.41. The van der Waals surface area contributed by atoms with Crippen LogP contribution in [-0.4, -0.2) is 67.9 Å². The highest BCUT2D eigenvalue weighted by atomic mass is 32.2. The second-order valence-corrected chi connectivity index (χ2v) is 9.64. The van der Waals surface area contributed by atoms with Crippen LogP contribution in [0.15, 0.2) is 16.8 Å². The van der Waals surface area contributed by atoms with Crippen LogP contribution >= 0.6 is 11.3 Å². The summed E-state index contributed by atoms with van der Waals surface area (Å²) in [5.41, 5.74) is 0.632. The third-order valence-electron chi connectivity index (χ3n) is 5.15. The molecule has 1 aromatic heterocycles. The van der Waals surface area contributed by atoms with Gasteiger partial charge < -0.3 is 10.2 Å². The van der Waals surface area contributed by atoms with Crippen LogP contribution in [0.5, 0.6) is 0 Å². The second-order valence-electron chi connectivity index (χ2n) is 6.93. The SMILES string of the molecule is CS(=O)(=O)N1CCCN(C(=O)c2ccsc2)CCNC(=O)C2CCCC21. The zero-order valence-corrected chi connectivity index (χ0v) is 16.5. The molecule has 3 rings (SSSR count). The van der Waals surface area contributed by atoms with Crippen LogP contribution in [0.25, 0.3) is 0 Å². The van der Waals surface area contributed by atoms with Gasteiger partial charge in [0.25, 0.3) is 5.91 Å². The molecule has 2 unspecified atom stereocenters. The predicted octanol–water partition coefficient (Wildman–Crippen LogP) is 1.14. The lowest BCUT2D eigenvalue weighted by molar-refractivity contribution is -0.125. The number of carbonyl (C=O) groups is 2. The zero-order valence-electron chi connectivity index (χ0n) is 14.9. The molecular formula is C17H25N3O4S2. The lowest BCUT2D eigenvalue weighted by Gasteiger charge is -2.30. The highest BCUT2D eigenvalue weighted by Gasteiger charge is 2.40. The molecule has 1 aliphatic carbocycles. The number of amides is 2. The first kappa shape index (κ1) is 19.3. The van der Waals surface area contributed by atoms with Crippen molar-refractivity contribution in [1.82, 2.24) is 14.5 Å². The highest BCUT2D eigenvalue weighted by Crippen LogP contribution is 2.32. The third kappa shape index (κ3) is 4.27. The zero-order chi connectivity index (χ0) is 18.7. The van der Waals surface area contributed by atoms with E-state index in [4.69, 9.17) is 0 Å². The number of hydrogen-bond donors (Lipinski definition) is 1. The number of nitrogens with zero attached hydrogens (tertiary/aromatic N) is 2. The molecule has 144 valence electrons. The first-order chi connectivity index (χ1) is 12.4. The smallest absolute Gasteiger partial charge is 0.254 e. The molecule has 1 saturated carbocycles. The Morgan fingerprint density at radius 3 is 2.73 bits per heavy atom. The van der Waals surface area contributed by atoms with Crippen LogP contribution in [0.1, 0.15) is 36.0 Å². The van der Waals surface area contributed by atoms with Crippen molar-refractivity contribution in [1.29, 1.82) is 0 Å². The Bertz CT molecular complexity index is 748. The van der Waals surface area contributed by atoms with E-state index in [1.807, 2.05) is 5.38 Å². The van der Waals surface area contributed by atoms with E-state index in [1.54, 1.807) is 16.3 Å². The number of carbonyl (C=O) groups excluding carboxylic acids is 2. The van der Waals surface area contributed by atoms with Crippen molar-refractivity contribution < 1.29 is 18.0 Å². The maximum atomic E-state index is 12.7. The van der Waals surface area contributed by atoms with E-state index in [9.17, 15) is 18.0 Å². The normalized spacial score (nSPS) is 26.0. The van der Waals surface area contributed by atoms with Gasteiger partial charge in [-0.1, -0.05) is 6.42 Å². The highest BCUT2D eigenvalue weighted by molar-refractivity contribution is 7.88. The van der Waals surface area contributed by atoms with Crippen molar-refractivity contribution >= 4 is 33.2 Å². The molecule has 2 amide bonds. The average molecular weight is 400 g/mol. The van der Waals surface area contributed by atoms with Crippen molar-refractivity contribution in [2.24, 2.45) is 5.92 Å². The minimum absolute atomic E-state index is 0.0779. The fraction of sp³-hybridized carbons (Fsp3) is 0.647. The summed E-state index contributed by atoms with van der Waals surface area (Å²) >= 11 is 1.46. The number of sulfonamides is 1. The molecular weight excluding hydrogens is 374 g/mol. The van der Waals surface area contributed by atoms with Crippen molar-refractivity contribution in [2.45, 2.75) is 31.7 Å². The summed E-state index contributed by atoms with van der Waals surface area (Å²) in [5.74, 6) is -0.485. The summed E-state index contributed by atoms with van der Waals surface area (Å²) in [4.78, 5) is 26.9. The van der Waals surface area contributed by atoms with Crippen LogP contribution < -0.4 is 5.32 Å². The maximum absolute atomic E-state index is 12.7. The third-order valence-corrected chi connectivity index (χ3v) is 7.14. The minimum Gasteiger partial charge on any atom is -0.354 e. The summed E-state index contributed by atoms with van der Waals surface area (Å²) in [7, 11) is -3.41. The molecule has 0 bridgehead atoms. The molecule has 2 heterocycles. The van der Waals surface area contributed by atoms with Gasteiger partial charge in [0.2, 0.25) is 15.9 Å². The fourth-order valence-corrected chi connectivity index (χ4v) is 5.75. The quantitative estimate of drug-likeness (QED) is 0.808. The summed E-state index contributed by atoms with van der Waals surface area (Å²) in [6.45, 7) is 1.61. The predicted molar refractivity (Wildman–Crippen MR) is 101 cm³/mol. The van der Waals surface area contributed by atoms with E-state index in [0.29, 0.717) is 51.0 Å². The van der Waals surface area contributed by atoms with Gasteiger partial charge in [-0.3, -0.25) is 9.59 Å². The summed E-state index contributed by atoms with van der Waals surface area (Å²) in [6, 6.07) is 1.51. The van der Waals surface area contributed by atoms with Gasteiger partial charge in [0.1, 0.15) is 0 Å². The Kier molecular flexibility index (Phi) is 5.99. The topological polar surface area (TPSA) is 86.8 Å². The van der Waals surface area contributed by atoms with Gasteiger partial charge in [0.05, 0.1) is 17.7 Å². The molecule has 1 N–H and O–H groups in total. The van der Waals surface area contributed by atoms with Gasteiger partial charge in [-0.2, -0.15) is 15.6 Å². The summed E-state index contributed by atoms with van der Waals surface area (Å²) < 4.78 is 26.1. The monoisotopic (exact) mass is 399 g/mol.